The second-order valence-corrected chi connectivity index (χ2v) is 6.45. The van der Waals surface area contributed by atoms with E-state index in [-0.39, 0.29) is 5.69 Å². The average molecular weight is 340 g/mol. The molecule has 1 amide bonds. The van der Waals surface area contributed by atoms with Crippen LogP contribution in [-0.4, -0.2) is 37.3 Å². The van der Waals surface area contributed by atoms with Crippen LogP contribution in [0, 0.1) is 17.2 Å². The van der Waals surface area contributed by atoms with Gasteiger partial charge in [0.15, 0.2) is 5.92 Å². The van der Waals surface area contributed by atoms with E-state index in [9.17, 15) is 9.59 Å². The minimum atomic E-state index is -1.36. The third-order valence-corrected chi connectivity index (χ3v) is 5.00. The number of rotatable bonds is 4. The first kappa shape index (κ1) is 16.1. The number of benzene rings is 1. The van der Waals surface area contributed by atoms with Gasteiger partial charge in [-0.3, -0.25) is 9.59 Å². The molecule has 0 radical (unpaired) electrons. The zero-order chi connectivity index (χ0) is 17.3. The summed E-state index contributed by atoms with van der Waals surface area (Å²) in [7, 11) is 3.46. The molecule has 0 saturated carbocycles. The number of nitrogens with one attached hydrogen (secondary N) is 1. The number of amides is 1. The maximum absolute atomic E-state index is 12.3. The van der Waals surface area contributed by atoms with Crippen molar-refractivity contribution in [1.29, 1.82) is 5.26 Å². The fourth-order valence-electron chi connectivity index (χ4n) is 2.75. The van der Waals surface area contributed by atoms with Gasteiger partial charge in [-0.05, 0) is 30.2 Å². The molecule has 1 aliphatic heterocycles. The summed E-state index contributed by atoms with van der Waals surface area (Å²) in [6.07, 6.45) is 0.990. The number of carbonyl (C=O) groups excluding carboxylic acids is 2. The Morgan fingerprint density at radius 3 is 2.96 bits per heavy atom. The van der Waals surface area contributed by atoms with Crippen molar-refractivity contribution < 1.29 is 9.59 Å². The Balaban J connectivity index is 1.87. The number of likely N-dealkylation sites (N-methyl/N-ethyl adjacent to an activating group) is 1. The molecule has 1 atom stereocenters. The summed E-state index contributed by atoms with van der Waals surface area (Å²) >= 11 is 1.34. The van der Waals surface area contributed by atoms with Gasteiger partial charge >= 0.3 is 0 Å². The van der Waals surface area contributed by atoms with Gasteiger partial charge in [0.2, 0.25) is 11.7 Å². The van der Waals surface area contributed by atoms with E-state index in [4.69, 9.17) is 5.26 Å². The maximum Gasteiger partial charge on any atom is 0.245 e. The molecule has 3 rings (SSSR count). The van der Waals surface area contributed by atoms with Gasteiger partial charge in [0.05, 0.1) is 6.07 Å². The van der Waals surface area contributed by atoms with Crippen LogP contribution in [0.1, 0.15) is 16.1 Å². The van der Waals surface area contributed by atoms with Crippen molar-refractivity contribution >= 4 is 28.7 Å². The van der Waals surface area contributed by atoms with Crippen molar-refractivity contribution in [2.45, 2.75) is 6.42 Å². The highest BCUT2D eigenvalue weighted by atomic mass is 32.1. The predicted molar refractivity (Wildman–Crippen MR) is 92.0 cm³/mol. The van der Waals surface area contributed by atoms with Crippen molar-refractivity contribution in [2.75, 3.05) is 25.5 Å². The van der Waals surface area contributed by atoms with Crippen LogP contribution in [0.2, 0.25) is 0 Å². The lowest BCUT2D eigenvalue weighted by Gasteiger charge is -2.11. The number of nitriles is 1. The van der Waals surface area contributed by atoms with Gasteiger partial charge in [-0.25, -0.2) is 4.98 Å². The molecule has 2 aromatic rings. The standard InChI is InChI=1S/C17H16N4O2S/c1-19-16(23)12(8-18)15(22)13-9-24-17(20-13)11-3-4-14-10(7-11)5-6-21(14)2/h3-4,7,9,12H,5-6H2,1-2H3,(H,19,23)/t12-/m1/s1. The van der Waals surface area contributed by atoms with Gasteiger partial charge in [0.1, 0.15) is 10.7 Å². The molecule has 1 N–H and O–H groups in total. The van der Waals surface area contributed by atoms with Crippen LogP contribution < -0.4 is 10.2 Å². The first-order valence-corrected chi connectivity index (χ1v) is 8.38. The predicted octanol–water partition coefficient (Wildman–Crippen LogP) is 1.87. The lowest BCUT2D eigenvalue weighted by atomic mass is 10.0. The molecule has 0 unspecified atom stereocenters. The lowest BCUT2D eigenvalue weighted by molar-refractivity contribution is -0.121. The Morgan fingerprint density at radius 1 is 1.46 bits per heavy atom. The van der Waals surface area contributed by atoms with E-state index in [0.29, 0.717) is 5.01 Å². The van der Waals surface area contributed by atoms with E-state index >= 15 is 0 Å². The Labute approximate surface area is 143 Å². The second kappa shape index (κ2) is 6.42. The zero-order valence-corrected chi connectivity index (χ0v) is 14.2. The molecule has 0 bridgehead atoms. The van der Waals surface area contributed by atoms with Crippen LogP contribution in [0.25, 0.3) is 10.6 Å². The third kappa shape index (κ3) is 2.76. The smallest absolute Gasteiger partial charge is 0.245 e. The highest BCUT2D eigenvalue weighted by molar-refractivity contribution is 7.13. The summed E-state index contributed by atoms with van der Waals surface area (Å²) in [5, 5.41) is 13.7. The number of fused-ring (bicyclic) bond motifs is 1. The van der Waals surface area contributed by atoms with Gasteiger partial charge < -0.3 is 10.2 Å². The van der Waals surface area contributed by atoms with Crippen molar-refractivity contribution in [2.24, 2.45) is 5.92 Å². The highest BCUT2D eigenvalue weighted by Crippen LogP contribution is 2.32. The summed E-state index contributed by atoms with van der Waals surface area (Å²) in [5.74, 6) is -2.54. The van der Waals surface area contributed by atoms with E-state index in [1.165, 1.54) is 29.6 Å². The molecule has 1 aromatic carbocycles. The Kier molecular flexibility index (Phi) is 4.32. The summed E-state index contributed by atoms with van der Waals surface area (Å²) in [5.41, 5.74) is 3.58. The molecule has 0 aliphatic carbocycles. The minimum absolute atomic E-state index is 0.155. The number of Topliss-reactive ketones (excluding diaryl/α,β-unsaturated/α-hetero) is 1. The number of nitrogens with zero attached hydrogens (tertiary/aromatic N) is 3. The normalized spacial score (nSPS) is 14.0. The Hall–Kier alpha value is -2.72. The summed E-state index contributed by atoms with van der Waals surface area (Å²) < 4.78 is 0. The van der Waals surface area contributed by atoms with E-state index < -0.39 is 17.6 Å². The quantitative estimate of drug-likeness (QED) is 0.678. The summed E-state index contributed by atoms with van der Waals surface area (Å²) in [6, 6.07) is 7.87. The fraction of sp³-hybridized carbons (Fsp3) is 0.294. The lowest BCUT2D eigenvalue weighted by Crippen LogP contribution is -2.32. The minimum Gasteiger partial charge on any atom is -0.374 e. The van der Waals surface area contributed by atoms with Crippen LogP contribution in [0.15, 0.2) is 23.6 Å². The Bertz CT molecular complexity index is 853. The van der Waals surface area contributed by atoms with Crippen LogP contribution in [0.3, 0.4) is 0 Å². The van der Waals surface area contributed by atoms with Crippen molar-refractivity contribution in [3.63, 3.8) is 0 Å². The maximum atomic E-state index is 12.3. The van der Waals surface area contributed by atoms with Crippen LogP contribution in [0.5, 0.6) is 0 Å². The van der Waals surface area contributed by atoms with Gasteiger partial charge in [0, 0.05) is 37.3 Å². The molecule has 24 heavy (non-hydrogen) atoms. The molecule has 1 aliphatic rings. The van der Waals surface area contributed by atoms with Gasteiger partial charge in [-0.1, -0.05) is 0 Å². The molecule has 6 nitrogen and oxygen atoms in total. The first-order chi connectivity index (χ1) is 11.5. The number of aromatic nitrogens is 1. The van der Waals surface area contributed by atoms with Crippen molar-refractivity contribution in [3.8, 4) is 16.6 Å². The van der Waals surface area contributed by atoms with E-state index in [1.807, 2.05) is 6.07 Å². The average Bonchev–Trinajstić information content (AvgIpc) is 3.22. The van der Waals surface area contributed by atoms with Crippen LogP contribution in [0.4, 0.5) is 5.69 Å². The topological polar surface area (TPSA) is 86.1 Å². The number of hydrogen-bond acceptors (Lipinski definition) is 6. The molecule has 0 spiro atoms. The number of thiazole rings is 1. The summed E-state index contributed by atoms with van der Waals surface area (Å²) in [4.78, 5) is 30.5. The van der Waals surface area contributed by atoms with Crippen molar-refractivity contribution in [3.05, 3.63) is 34.8 Å². The first-order valence-electron chi connectivity index (χ1n) is 7.50. The number of ketones is 1. The summed E-state index contributed by atoms with van der Waals surface area (Å²) in [6.45, 7) is 0.996. The van der Waals surface area contributed by atoms with Crippen LogP contribution in [-0.2, 0) is 11.2 Å². The Morgan fingerprint density at radius 2 is 2.25 bits per heavy atom. The van der Waals surface area contributed by atoms with Gasteiger partial charge in [-0.2, -0.15) is 5.26 Å². The number of carbonyl (C=O) groups is 2. The molecule has 122 valence electrons. The third-order valence-electron chi connectivity index (χ3n) is 4.11. The molecule has 1 aromatic heterocycles. The monoisotopic (exact) mass is 340 g/mol. The molecular weight excluding hydrogens is 324 g/mol. The highest BCUT2D eigenvalue weighted by Gasteiger charge is 2.28. The molecule has 0 saturated heterocycles. The molecule has 0 fully saturated rings. The van der Waals surface area contributed by atoms with E-state index in [2.05, 4.69) is 34.4 Å². The molecule has 2 heterocycles. The largest absolute Gasteiger partial charge is 0.374 e. The van der Waals surface area contributed by atoms with E-state index in [1.54, 1.807) is 11.4 Å². The molecule has 7 heteroatoms. The van der Waals surface area contributed by atoms with Crippen molar-refractivity contribution in [1.82, 2.24) is 10.3 Å². The van der Waals surface area contributed by atoms with Gasteiger partial charge in [0.25, 0.3) is 0 Å². The molecular formula is C17H16N4O2S. The van der Waals surface area contributed by atoms with Crippen LogP contribution >= 0.6 is 11.3 Å². The SMILES string of the molecule is CNC(=O)[C@H](C#N)C(=O)c1csc(-c2ccc3c(c2)CCN3C)n1. The number of anilines is 1. The zero-order valence-electron chi connectivity index (χ0n) is 13.4. The van der Waals surface area contributed by atoms with E-state index in [0.717, 1.165) is 18.5 Å². The fourth-order valence-corrected chi connectivity index (χ4v) is 3.55. The number of hydrogen-bond donors (Lipinski definition) is 1. The second-order valence-electron chi connectivity index (χ2n) is 5.59. The van der Waals surface area contributed by atoms with Gasteiger partial charge in [-0.15, -0.1) is 11.3 Å².